The zero-order chi connectivity index (χ0) is 14.4. The average molecular weight is 335 g/mol. The van der Waals surface area contributed by atoms with Crippen LogP contribution in [0.2, 0.25) is 0 Å². The highest BCUT2D eigenvalue weighted by Crippen LogP contribution is 2.22. The van der Waals surface area contributed by atoms with Gasteiger partial charge in [0.1, 0.15) is 0 Å². The third-order valence-electron chi connectivity index (χ3n) is 3.06. The summed E-state index contributed by atoms with van der Waals surface area (Å²) in [7, 11) is 0. The molecule has 1 aromatic heterocycles. The monoisotopic (exact) mass is 334 g/mol. The normalized spacial score (nSPS) is 13.9. The molecule has 0 fully saturated rings. The first kappa shape index (κ1) is 15.2. The van der Waals surface area contributed by atoms with Gasteiger partial charge in [-0.3, -0.25) is 4.98 Å². The van der Waals surface area contributed by atoms with E-state index in [9.17, 15) is 0 Å². The summed E-state index contributed by atoms with van der Waals surface area (Å²) in [5, 5.41) is 0. The molecule has 0 spiro atoms. The molecule has 106 valence electrons. The van der Waals surface area contributed by atoms with Gasteiger partial charge in [-0.05, 0) is 36.8 Å². The molecule has 2 unspecified atom stereocenters. The minimum absolute atomic E-state index is 0.0556. The van der Waals surface area contributed by atoms with Gasteiger partial charge < -0.3 is 10.5 Å². The predicted molar refractivity (Wildman–Crippen MR) is 84.4 cm³/mol. The molecule has 0 amide bonds. The van der Waals surface area contributed by atoms with Crippen LogP contribution in [0.25, 0.3) is 0 Å². The summed E-state index contributed by atoms with van der Waals surface area (Å²) in [5.74, 6) is 0. The van der Waals surface area contributed by atoms with E-state index in [0.29, 0.717) is 6.61 Å². The average Bonchev–Trinajstić information content (AvgIpc) is 2.46. The van der Waals surface area contributed by atoms with E-state index < -0.39 is 0 Å². The molecule has 0 aliphatic rings. The summed E-state index contributed by atoms with van der Waals surface area (Å²) in [4.78, 5) is 4.29. The number of halogens is 1. The molecule has 1 aromatic carbocycles. The summed E-state index contributed by atoms with van der Waals surface area (Å²) in [5.41, 5.74) is 8.17. The van der Waals surface area contributed by atoms with Crippen molar-refractivity contribution in [2.24, 2.45) is 5.73 Å². The van der Waals surface area contributed by atoms with Crippen LogP contribution in [0.15, 0.2) is 53.1 Å². The number of benzene rings is 1. The zero-order valence-electron chi connectivity index (χ0n) is 11.5. The summed E-state index contributed by atoms with van der Waals surface area (Å²) < 4.78 is 7.01. The summed E-state index contributed by atoms with van der Waals surface area (Å²) in [6.45, 7) is 2.58. The van der Waals surface area contributed by atoms with Crippen molar-refractivity contribution in [3.8, 4) is 0 Å². The zero-order valence-corrected chi connectivity index (χ0v) is 13.1. The first-order valence-electron chi connectivity index (χ1n) is 6.69. The summed E-state index contributed by atoms with van der Waals surface area (Å²) in [6, 6.07) is 13.9. The SMILES string of the molecule is CC(N)C(OCCc1ccccn1)c1ccc(Br)cc1. The van der Waals surface area contributed by atoms with E-state index in [1.807, 2.05) is 49.4 Å². The molecule has 2 atom stereocenters. The Morgan fingerprint density at radius 3 is 2.55 bits per heavy atom. The van der Waals surface area contributed by atoms with Crippen molar-refractivity contribution in [1.29, 1.82) is 0 Å². The molecule has 2 N–H and O–H groups in total. The molecule has 4 heteroatoms. The van der Waals surface area contributed by atoms with E-state index in [1.165, 1.54) is 0 Å². The van der Waals surface area contributed by atoms with Crippen LogP contribution in [0.5, 0.6) is 0 Å². The topological polar surface area (TPSA) is 48.1 Å². The second-order valence-electron chi connectivity index (χ2n) is 4.77. The lowest BCUT2D eigenvalue weighted by atomic mass is 10.0. The first-order valence-corrected chi connectivity index (χ1v) is 7.48. The number of nitrogens with two attached hydrogens (primary N) is 1. The fourth-order valence-electron chi connectivity index (χ4n) is 2.04. The number of hydrogen-bond acceptors (Lipinski definition) is 3. The van der Waals surface area contributed by atoms with Crippen LogP contribution < -0.4 is 5.73 Å². The maximum absolute atomic E-state index is 6.03. The summed E-state index contributed by atoms with van der Waals surface area (Å²) in [6.07, 6.45) is 2.50. The number of rotatable bonds is 6. The molecule has 0 aliphatic heterocycles. The third-order valence-corrected chi connectivity index (χ3v) is 3.59. The van der Waals surface area contributed by atoms with E-state index in [1.54, 1.807) is 6.20 Å². The fraction of sp³-hybridized carbons (Fsp3) is 0.312. The van der Waals surface area contributed by atoms with Gasteiger partial charge >= 0.3 is 0 Å². The van der Waals surface area contributed by atoms with Crippen molar-refractivity contribution >= 4 is 15.9 Å². The van der Waals surface area contributed by atoms with Crippen LogP contribution in [-0.2, 0) is 11.2 Å². The standard InChI is InChI=1S/C16H19BrN2O/c1-12(18)16(13-5-7-14(17)8-6-13)20-11-9-15-4-2-3-10-19-15/h2-8,10,12,16H,9,11,18H2,1H3. The van der Waals surface area contributed by atoms with Crippen molar-refractivity contribution in [1.82, 2.24) is 4.98 Å². The molecule has 20 heavy (non-hydrogen) atoms. The Hall–Kier alpha value is -1.23. The van der Waals surface area contributed by atoms with Gasteiger partial charge in [-0.25, -0.2) is 0 Å². The second-order valence-corrected chi connectivity index (χ2v) is 5.69. The van der Waals surface area contributed by atoms with Crippen molar-refractivity contribution in [3.63, 3.8) is 0 Å². The van der Waals surface area contributed by atoms with Crippen LogP contribution >= 0.6 is 15.9 Å². The van der Waals surface area contributed by atoms with Gasteiger partial charge in [-0.1, -0.05) is 34.1 Å². The van der Waals surface area contributed by atoms with E-state index in [2.05, 4.69) is 20.9 Å². The lowest BCUT2D eigenvalue weighted by Crippen LogP contribution is -2.27. The number of nitrogens with zero attached hydrogens (tertiary/aromatic N) is 1. The van der Waals surface area contributed by atoms with E-state index in [0.717, 1.165) is 22.2 Å². The van der Waals surface area contributed by atoms with Crippen LogP contribution in [0, 0.1) is 0 Å². The molecule has 0 radical (unpaired) electrons. The van der Waals surface area contributed by atoms with Gasteiger partial charge in [0.2, 0.25) is 0 Å². The molecule has 0 saturated carbocycles. The molecule has 2 aromatic rings. The fourth-order valence-corrected chi connectivity index (χ4v) is 2.30. The Kier molecular flexibility index (Phi) is 5.71. The highest BCUT2D eigenvalue weighted by molar-refractivity contribution is 9.10. The van der Waals surface area contributed by atoms with E-state index >= 15 is 0 Å². The van der Waals surface area contributed by atoms with Gasteiger partial charge in [0.05, 0.1) is 12.7 Å². The van der Waals surface area contributed by atoms with Crippen LogP contribution in [0.1, 0.15) is 24.3 Å². The molecule has 0 saturated heterocycles. The number of pyridine rings is 1. The highest BCUT2D eigenvalue weighted by atomic mass is 79.9. The van der Waals surface area contributed by atoms with Gasteiger partial charge in [-0.15, -0.1) is 0 Å². The Morgan fingerprint density at radius 1 is 1.20 bits per heavy atom. The van der Waals surface area contributed by atoms with Crippen LogP contribution in [-0.4, -0.2) is 17.6 Å². The summed E-state index contributed by atoms with van der Waals surface area (Å²) >= 11 is 3.43. The van der Waals surface area contributed by atoms with Gasteiger partial charge in [-0.2, -0.15) is 0 Å². The first-order chi connectivity index (χ1) is 9.66. The number of aromatic nitrogens is 1. The molecule has 0 aliphatic carbocycles. The Labute approximate surface area is 128 Å². The van der Waals surface area contributed by atoms with E-state index in [-0.39, 0.29) is 12.1 Å². The lowest BCUT2D eigenvalue weighted by Gasteiger charge is -2.22. The molecule has 3 nitrogen and oxygen atoms in total. The Morgan fingerprint density at radius 2 is 1.95 bits per heavy atom. The minimum atomic E-state index is -0.0909. The lowest BCUT2D eigenvalue weighted by molar-refractivity contribution is 0.0400. The Balaban J connectivity index is 1.94. The van der Waals surface area contributed by atoms with Crippen LogP contribution in [0.4, 0.5) is 0 Å². The van der Waals surface area contributed by atoms with E-state index in [4.69, 9.17) is 10.5 Å². The predicted octanol–water partition coefficient (Wildman–Crippen LogP) is 3.49. The molecular formula is C16H19BrN2O. The molecule has 1 heterocycles. The molecule has 0 bridgehead atoms. The van der Waals surface area contributed by atoms with Gasteiger partial charge in [0, 0.05) is 28.8 Å². The van der Waals surface area contributed by atoms with Crippen LogP contribution in [0.3, 0.4) is 0 Å². The minimum Gasteiger partial charge on any atom is -0.372 e. The largest absolute Gasteiger partial charge is 0.372 e. The number of hydrogen-bond donors (Lipinski definition) is 1. The Bertz CT molecular complexity index is 514. The van der Waals surface area contributed by atoms with Crippen molar-refractivity contribution in [3.05, 3.63) is 64.4 Å². The third kappa shape index (κ3) is 4.40. The van der Waals surface area contributed by atoms with Crippen molar-refractivity contribution in [2.75, 3.05) is 6.61 Å². The maximum atomic E-state index is 6.03. The molecular weight excluding hydrogens is 316 g/mol. The van der Waals surface area contributed by atoms with Gasteiger partial charge in [0.25, 0.3) is 0 Å². The van der Waals surface area contributed by atoms with Crippen molar-refractivity contribution in [2.45, 2.75) is 25.5 Å². The quantitative estimate of drug-likeness (QED) is 0.879. The maximum Gasteiger partial charge on any atom is 0.0973 e. The van der Waals surface area contributed by atoms with Gasteiger partial charge in [0.15, 0.2) is 0 Å². The number of ether oxygens (including phenoxy) is 1. The highest BCUT2D eigenvalue weighted by Gasteiger charge is 2.16. The smallest absolute Gasteiger partial charge is 0.0973 e. The second kappa shape index (κ2) is 7.53. The molecule has 2 rings (SSSR count). The van der Waals surface area contributed by atoms with Crippen molar-refractivity contribution < 1.29 is 4.74 Å².